The van der Waals surface area contributed by atoms with Gasteiger partial charge in [-0.2, -0.15) is 0 Å². The lowest BCUT2D eigenvalue weighted by Gasteiger charge is -2.30. The van der Waals surface area contributed by atoms with Crippen molar-refractivity contribution in [1.82, 2.24) is 0 Å². The fourth-order valence-electron chi connectivity index (χ4n) is 2.11. The molecule has 0 saturated heterocycles. The van der Waals surface area contributed by atoms with E-state index in [1.165, 1.54) is 32.1 Å². The van der Waals surface area contributed by atoms with E-state index in [0.717, 1.165) is 5.92 Å². The van der Waals surface area contributed by atoms with E-state index in [2.05, 4.69) is 13.5 Å². The minimum atomic E-state index is 0.350. The third-order valence-electron chi connectivity index (χ3n) is 3.17. The van der Waals surface area contributed by atoms with E-state index in [1.54, 1.807) is 0 Å². The average molecular weight is 167 g/mol. The topological polar surface area (TPSA) is 26.0 Å². The van der Waals surface area contributed by atoms with Gasteiger partial charge in [0.2, 0.25) is 0 Å². The molecular weight excluding hydrogens is 146 g/mol. The van der Waals surface area contributed by atoms with E-state index in [4.69, 9.17) is 5.73 Å². The summed E-state index contributed by atoms with van der Waals surface area (Å²) in [6, 6.07) is 0.350. The van der Waals surface area contributed by atoms with Crippen LogP contribution in [0, 0.1) is 11.8 Å². The molecule has 12 heavy (non-hydrogen) atoms. The second-order valence-electron chi connectivity index (χ2n) is 4.07. The first-order valence-corrected chi connectivity index (χ1v) is 5.14. The van der Waals surface area contributed by atoms with E-state index in [0.29, 0.717) is 12.0 Å². The summed E-state index contributed by atoms with van der Waals surface area (Å²) >= 11 is 0. The lowest BCUT2D eigenvalue weighted by molar-refractivity contribution is 0.274. The maximum Gasteiger partial charge on any atom is 0.0128 e. The van der Waals surface area contributed by atoms with Crippen LogP contribution in [0.25, 0.3) is 0 Å². The zero-order valence-corrected chi connectivity index (χ0v) is 8.13. The van der Waals surface area contributed by atoms with Gasteiger partial charge < -0.3 is 5.73 Å². The Labute approximate surface area is 76.0 Å². The Hall–Kier alpha value is -0.300. The molecule has 0 amide bonds. The van der Waals surface area contributed by atoms with Gasteiger partial charge in [0.1, 0.15) is 0 Å². The van der Waals surface area contributed by atoms with E-state index in [9.17, 15) is 0 Å². The Kier molecular flexibility index (Phi) is 3.80. The predicted molar refractivity (Wildman–Crippen MR) is 53.9 cm³/mol. The lowest BCUT2D eigenvalue weighted by Crippen LogP contribution is -2.36. The summed E-state index contributed by atoms with van der Waals surface area (Å²) in [6.45, 7) is 5.97. The van der Waals surface area contributed by atoms with E-state index >= 15 is 0 Å². The van der Waals surface area contributed by atoms with Gasteiger partial charge >= 0.3 is 0 Å². The first-order valence-electron chi connectivity index (χ1n) is 5.14. The van der Waals surface area contributed by atoms with Crippen molar-refractivity contribution in [3.8, 4) is 0 Å². The summed E-state index contributed by atoms with van der Waals surface area (Å²) in [5.41, 5.74) is 6.13. The highest BCUT2D eigenvalue weighted by molar-refractivity contribution is 4.88. The van der Waals surface area contributed by atoms with Gasteiger partial charge in [-0.05, 0) is 24.7 Å². The van der Waals surface area contributed by atoms with Crippen LogP contribution in [0.4, 0.5) is 0 Å². The highest BCUT2D eigenvalue weighted by atomic mass is 14.7. The number of rotatable bonds is 3. The Morgan fingerprint density at radius 1 is 1.33 bits per heavy atom. The summed E-state index contributed by atoms with van der Waals surface area (Å²) in [4.78, 5) is 0. The monoisotopic (exact) mass is 167 g/mol. The second-order valence-corrected chi connectivity index (χ2v) is 4.07. The molecule has 0 aliphatic heterocycles. The SMILES string of the molecule is C=C[C@@H](C)[C@@H](N)C1CCCCC1. The smallest absolute Gasteiger partial charge is 0.0128 e. The summed E-state index contributed by atoms with van der Waals surface area (Å²) in [5, 5.41) is 0. The fraction of sp³-hybridized carbons (Fsp3) is 0.818. The highest BCUT2D eigenvalue weighted by Crippen LogP contribution is 2.28. The zero-order chi connectivity index (χ0) is 8.97. The van der Waals surface area contributed by atoms with Crippen LogP contribution >= 0.6 is 0 Å². The van der Waals surface area contributed by atoms with Crippen molar-refractivity contribution < 1.29 is 0 Å². The van der Waals surface area contributed by atoms with E-state index in [1.807, 2.05) is 6.08 Å². The first kappa shape index (κ1) is 9.79. The molecule has 0 spiro atoms. The van der Waals surface area contributed by atoms with Gasteiger partial charge in [0, 0.05) is 6.04 Å². The minimum Gasteiger partial charge on any atom is -0.327 e. The van der Waals surface area contributed by atoms with Gasteiger partial charge in [-0.25, -0.2) is 0 Å². The van der Waals surface area contributed by atoms with Crippen molar-refractivity contribution in [2.75, 3.05) is 0 Å². The standard InChI is InChI=1S/C11H21N/c1-3-9(2)11(12)10-7-5-4-6-8-10/h3,9-11H,1,4-8,12H2,2H3/t9-,11-/m1/s1. The molecular formula is C11H21N. The molecule has 1 nitrogen and oxygen atoms in total. The van der Waals surface area contributed by atoms with Crippen LogP contribution in [0.3, 0.4) is 0 Å². The molecule has 1 heteroatoms. The zero-order valence-electron chi connectivity index (χ0n) is 8.13. The third-order valence-corrected chi connectivity index (χ3v) is 3.17. The molecule has 0 bridgehead atoms. The molecule has 2 atom stereocenters. The van der Waals surface area contributed by atoms with Crippen LogP contribution in [-0.2, 0) is 0 Å². The molecule has 1 rings (SSSR count). The van der Waals surface area contributed by atoms with E-state index in [-0.39, 0.29) is 0 Å². The highest BCUT2D eigenvalue weighted by Gasteiger charge is 2.22. The predicted octanol–water partition coefficient (Wildman–Crippen LogP) is 2.72. The summed E-state index contributed by atoms with van der Waals surface area (Å²) < 4.78 is 0. The maximum atomic E-state index is 6.13. The molecule has 0 radical (unpaired) electrons. The molecule has 0 heterocycles. The summed E-state index contributed by atoms with van der Waals surface area (Å²) in [7, 11) is 0. The maximum absolute atomic E-state index is 6.13. The Balaban J connectivity index is 2.38. The van der Waals surface area contributed by atoms with Gasteiger partial charge in [-0.3, -0.25) is 0 Å². The Morgan fingerprint density at radius 3 is 2.42 bits per heavy atom. The largest absolute Gasteiger partial charge is 0.327 e. The molecule has 1 aliphatic carbocycles. The molecule has 0 aromatic carbocycles. The number of hydrogen-bond donors (Lipinski definition) is 1. The van der Waals surface area contributed by atoms with Crippen molar-refractivity contribution in [2.24, 2.45) is 17.6 Å². The molecule has 1 aliphatic rings. The molecule has 0 aromatic rings. The van der Waals surface area contributed by atoms with Crippen molar-refractivity contribution in [3.63, 3.8) is 0 Å². The van der Waals surface area contributed by atoms with Crippen LogP contribution in [0.15, 0.2) is 12.7 Å². The Bertz CT molecular complexity index is 136. The van der Waals surface area contributed by atoms with Crippen molar-refractivity contribution in [1.29, 1.82) is 0 Å². The van der Waals surface area contributed by atoms with E-state index < -0.39 is 0 Å². The van der Waals surface area contributed by atoms with Crippen LogP contribution in [-0.4, -0.2) is 6.04 Å². The van der Waals surface area contributed by atoms with Gasteiger partial charge in [0.15, 0.2) is 0 Å². The van der Waals surface area contributed by atoms with Gasteiger partial charge in [-0.15, -0.1) is 6.58 Å². The second kappa shape index (κ2) is 4.66. The molecule has 2 N–H and O–H groups in total. The van der Waals surface area contributed by atoms with Gasteiger partial charge in [-0.1, -0.05) is 32.3 Å². The summed E-state index contributed by atoms with van der Waals surface area (Å²) in [5.74, 6) is 1.24. The van der Waals surface area contributed by atoms with Crippen LogP contribution in [0.5, 0.6) is 0 Å². The summed E-state index contributed by atoms with van der Waals surface area (Å²) in [6.07, 6.45) is 8.81. The molecule has 0 aromatic heterocycles. The van der Waals surface area contributed by atoms with Gasteiger partial charge in [0.05, 0.1) is 0 Å². The van der Waals surface area contributed by atoms with Crippen molar-refractivity contribution >= 4 is 0 Å². The van der Waals surface area contributed by atoms with Crippen LogP contribution in [0.1, 0.15) is 39.0 Å². The molecule has 0 unspecified atom stereocenters. The fourth-order valence-corrected chi connectivity index (χ4v) is 2.11. The first-order chi connectivity index (χ1) is 5.75. The molecule has 1 fully saturated rings. The third kappa shape index (κ3) is 2.34. The molecule has 1 saturated carbocycles. The van der Waals surface area contributed by atoms with Crippen LogP contribution in [0.2, 0.25) is 0 Å². The number of nitrogens with two attached hydrogens (primary N) is 1. The van der Waals surface area contributed by atoms with Crippen molar-refractivity contribution in [2.45, 2.75) is 45.1 Å². The average Bonchev–Trinajstić information content (AvgIpc) is 2.17. The van der Waals surface area contributed by atoms with Crippen LogP contribution < -0.4 is 5.73 Å². The lowest BCUT2D eigenvalue weighted by atomic mass is 9.80. The van der Waals surface area contributed by atoms with Gasteiger partial charge in [0.25, 0.3) is 0 Å². The van der Waals surface area contributed by atoms with Crippen molar-refractivity contribution in [3.05, 3.63) is 12.7 Å². The number of hydrogen-bond acceptors (Lipinski definition) is 1. The normalized spacial score (nSPS) is 24.8. The minimum absolute atomic E-state index is 0.350. The quantitative estimate of drug-likeness (QED) is 0.643. The Morgan fingerprint density at radius 2 is 1.92 bits per heavy atom. The molecule has 70 valence electrons.